The zero-order chi connectivity index (χ0) is 17.8. The van der Waals surface area contributed by atoms with E-state index in [2.05, 4.69) is 12.2 Å². The summed E-state index contributed by atoms with van der Waals surface area (Å²) < 4.78 is 15.4. The maximum atomic E-state index is 12.0. The van der Waals surface area contributed by atoms with Gasteiger partial charge in [0.15, 0.2) is 0 Å². The van der Waals surface area contributed by atoms with Gasteiger partial charge in [-0.2, -0.15) is 0 Å². The number of benzene rings is 1. The van der Waals surface area contributed by atoms with Gasteiger partial charge in [-0.3, -0.25) is 4.79 Å². The minimum Gasteiger partial charge on any atom is -0.497 e. The molecule has 0 unspecified atom stereocenters. The van der Waals surface area contributed by atoms with Crippen molar-refractivity contribution in [3.8, 4) is 11.5 Å². The van der Waals surface area contributed by atoms with Crippen molar-refractivity contribution >= 4 is 11.9 Å². The number of hydrogen-bond acceptors (Lipinski definition) is 5. The van der Waals surface area contributed by atoms with Crippen LogP contribution in [0, 0.1) is 0 Å². The van der Waals surface area contributed by atoms with E-state index in [4.69, 9.17) is 14.2 Å². The lowest BCUT2D eigenvalue weighted by Gasteiger charge is -2.09. The molecule has 1 aromatic rings. The third-order valence-corrected chi connectivity index (χ3v) is 3.50. The summed E-state index contributed by atoms with van der Waals surface area (Å²) in [6.07, 6.45) is 4.77. The van der Waals surface area contributed by atoms with Crippen LogP contribution in [0.5, 0.6) is 11.5 Å². The molecule has 0 saturated heterocycles. The molecule has 0 aliphatic heterocycles. The molecule has 134 valence electrons. The van der Waals surface area contributed by atoms with Gasteiger partial charge in [-0.1, -0.05) is 26.2 Å². The Morgan fingerprint density at radius 2 is 1.67 bits per heavy atom. The van der Waals surface area contributed by atoms with E-state index >= 15 is 0 Å². The molecule has 1 aromatic carbocycles. The van der Waals surface area contributed by atoms with Crippen molar-refractivity contribution in [3.05, 3.63) is 23.8 Å². The Hall–Kier alpha value is -2.24. The highest BCUT2D eigenvalue weighted by Gasteiger charge is 2.11. The van der Waals surface area contributed by atoms with Crippen LogP contribution >= 0.6 is 0 Å². The van der Waals surface area contributed by atoms with Crippen LogP contribution < -0.4 is 14.8 Å². The summed E-state index contributed by atoms with van der Waals surface area (Å²) in [5.41, 5.74) is 0.345. The van der Waals surface area contributed by atoms with Crippen molar-refractivity contribution in [2.24, 2.45) is 0 Å². The predicted octanol–water partition coefficient (Wildman–Crippen LogP) is 2.95. The Labute approximate surface area is 143 Å². The molecule has 0 heterocycles. The first-order valence-electron chi connectivity index (χ1n) is 8.27. The summed E-state index contributed by atoms with van der Waals surface area (Å²) in [5.74, 6) is 0.540. The lowest BCUT2D eigenvalue weighted by atomic mass is 10.1. The summed E-state index contributed by atoms with van der Waals surface area (Å²) in [6.45, 7) is 2.56. The average Bonchev–Trinajstić information content (AvgIpc) is 2.61. The Morgan fingerprint density at radius 1 is 1.00 bits per heavy atom. The lowest BCUT2D eigenvalue weighted by molar-refractivity contribution is -0.121. The maximum absolute atomic E-state index is 12.0. The van der Waals surface area contributed by atoms with Crippen LogP contribution in [-0.4, -0.2) is 39.2 Å². The molecule has 0 atom stereocenters. The third-order valence-electron chi connectivity index (χ3n) is 3.50. The van der Waals surface area contributed by atoms with E-state index in [1.807, 2.05) is 0 Å². The maximum Gasteiger partial charge on any atom is 0.338 e. The van der Waals surface area contributed by atoms with E-state index in [1.54, 1.807) is 18.2 Å². The van der Waals surface area contributed by atoms with Crippen molar-refractivity contribution < 1.29 is 23.8 Å². The highest BCUT2D eigenvalue weighted by molar-refractivity contribution is 5.90. The molecule has 0 aromatic heterocycles. The van der Waals surface area contributed by atoms with Gasteiger partial charge in [0.2, 0.25) is 5.91 Å². The van der Waals surface area contributed by atoms with Gasteiger partial charge < -0.3 is 19.5 Å². The van der Waals surface area contributed by atoms with E-state index in [9.17, 15) is 9.59 Å². The van der Waals surface area contributed by atoms with Crippen LogP contribution in [0.4, 0.5) is 0 Å². The number of unbranched alkanes of at least 4 members (excludes halogenated alkanes) is 3. The Bertz CT molecular complexity index is 508. The fourth-order valence-electron chi connectivity index (χ4n) is 2.14. The lowest BCUT2D eigenvalue weighted by Crippen LogP contribution is -2.27. The molecule has 0 aliphatic carbocycles. The Kier molecular flexibility index (Phi) is 9.34. The fourth-order valence-corrected chi connectivity index (χ4v) is 2.14. The zero-order valence-corrected chi connectivity index (χ0v) is 14.7. The molecule has 6 nitrogen and oxygen atoms in total. The molecule has 0 spiro atoms. The van der Waals surface area contributed by atoms with Crippen molar-refractivity contribution in [1.82, 2.24) is 5.32 Å². The van der Waals surface area contributed by atoms with Crippen LogP contribution in [0.25, 0.3) is 0 Å². The number of methoxy groups -OCH3 is 2. The van der Waals surface area contributed by atoms with Crippen LogP contribution in [0.1, 0.15) is 49.4 Å². The molecule has 6 heteroatoms. The number of esters is 1. The standard InChI is InChI=1S/C18H27NO5/c1-4-5-6-7-8-17(20)19-9-10-24-18(21)14-11-15(22-2)13-16(12-14)23-3/h11-13H,4-10H2,1-3H3,(H,19,20). The summed E-state index contributed by atoms with van der Waals surface area (Å²) in [7, 11) is 3.03. The zero-order valence-electron chi connectivity index (χ0n) is 14.7. The van der Waals surface area contributed by atoms with Crippen molar-refractivity contribution in [2.45, 2.75) is 39.0 Å². The number of ether oxygens (including phenoxy) is 3. The minimum atomic E-state index is -0.482. The first kappa shape index (κ1) is 19.8. The summed E-state index contributed by atoms with van der Waals surface area (Å²) in [4.78, 5) is 23.6. The minimum absolute atomic E-state index is 0.00907. The molecule has 1 N–H and O–H groups in total. The van der Waals surface area contributed by atoms with Gasteiger partial charge in [-0.25, -0.2) is 4.79 Å². The number of hydrogen-bond donors (Lipinski definition) is 1. The van der Waals surface area contributed by atoms with Gasteiger partial charge in [0.05, 0.1) is 26.3 Å². The average molecular weight is 337 g/mol. The molecular formula is C18H27NO5. The molecule has 1 amide bonds. The third kappa shape index (κ3) is 7.35. The molecule has 0 saturated carbocycles. The monoisotopic (exact) mass is 337 g/mol. The SMILES string of the molecule is CCCCCCC(=O)NCCOC(=O)c1cc(OC)cc(OC)c1. The Balaban J connectivity index is 2.32. The molecule has 0 aliphatic rings. The molecule has 0 bridgehead atoms. The van der Waals surface area contributed by atoms with Gasteiger partial charge >= 0.3 is 5.97 Å². The van der Waals surface area contributed by atoms with Gasteiger partial charge in [0, 0.05) is 12.5 Å². The van der Waals surface area contributed by atoms with Gasteiger partial charge in [0.1, 0.15) is 18.1 Å². The van der Waals surface area contributed by atoms with E-state index < -0.39 is 5.97 Å². The van der Waals surface area contributed by atoms with Crippen molar-refractivity contribution in [3.63, 3.8) is 0 Å². The first-order chi connectivity index (χ1) is 11.6. The number of carbonyl (C=O) groups is 2. The van der Waals surface area contributed by atoms with E-state index in [-0.39, 0.29) is 12.5 Å². The van der Waals surface area contributed by atoms with Crippen molar-refractivity contribution in [2.75, 3.05) is 27.4 Å². The summed E-state index contributed by atoms with van der Waals surface area (Å²) in [5, 5.41) is 2.75. The van der Waals surface area contributed by atoms with Crippen molar-refractivity contribution in [1.29, 1.82) is 0 Å². The molecular weight excluding hydrogens is 310 g/mol. The van der Waals surface area contributed by atoms with Gasteiger partial charge in [-0.15, -0.1) is 0 Å². The van der Waals surface area contributed by atoms with Crippen LogP contribution in [0.3, 0.4) is 0 Å². The topological polar surface area (TPSA) is 73.9 Å². The second-order valence-electron chi connectivity index (χ2n) is 5.40. The van der Waals surface area contributed by atoms with E-state index in [0.717, 1.165) is 25.7 Å². The highest BCUT2D eigenvalue weighted by Crippen LogP contribution is 2.22. The van der Waals surface area contributed by atoms with Crippen LogP contribution in [0.2, 0.25) is 0 Å². The molecule has 1 rings (SSSR count). The number of nitrogens with one attached hydrogen (secondary N) is 1. The number of carbonyl (C=O) groups excluding carboxylic acids is 2. The predicted molar refractivity (Wildman–Crippen MR) is 91.6 cm³/mol. The molecule has 0 fully saturated rings. The van der Waals surface area contributed by atoms with Crippen LogP contribution in [0.15, 0.2) is 18.2 Å². The second-order valence-corrected chi connectivity index (χ2v) is 5.40. The van der Waals surface area contributed by atoms with E-state index in [0.29, 0.717) is 30.0 Å². The second kappa shape index (κ2) is 11.3. The van der Waals surface area contributed by atoms with E-state index in [1.165, 1.54) is 14.2 Å². The fraction of sp³-hybridized carbons (Fsp3) is 0.556. The Morgan fingerprint density at radius 3 is 2.25 bits per heavy atom. The van der Waals surface area contributed by atoms with Gasteiger partial charge in [0.25, 0.3) is 0 Å². The smallest absolute Gasteiger partial charge is 0.338 e. The summed E-state index contributed by atoms with van der Waals surface area (Å²) in [6, 6.07) is 4.84. The quantitative estimate of drug-likeness (QED) is 0.496. The molecule has 24 heavy (non-hydrogen) atoms. The number of amides is 1. The summed E-state index contributed by atoms with van der Waals surface area (Å²) >= 11 is 0. The highest BCUT2D eigenvalue weighted by atomic mass is 16.5. The van der Waals surface area contributed by atoms with Crippen LogP contribution in [-0.2, 0) is 9.53 Å². The number of rotatable bonds is 11. The first-order valence-corrected chi connectivity index (χ1v) is 8.27. The molecule has 0 radical (unpaired) electrons. The normalized spacial score (nSPS) is 10.1. The largest absolute Gasteiger partial charge is 0.497 e. The van der Waals surface area contributed by atoms with Gasteiger partial charge in [-0.05, 0) is 18.6 Å².